The summed E-state index contributed by atoms with van der Waals surface area (Å²) in [5.41, 5.74) is 0.668. The Hall–Kier alpha value is -1.12. The molecule has 0 atom stereocenters. The monoisotopic (exact) mass is 191 g/mol. The molecule has 0 spiro atoms. The molecule has 0 amide bonds. The molecule has 0 aliphatic heterocycles. The van der Waals surface area contributed by atoms with Crippen molar-refractivity contribution in [3.8, 4) is 0 Å². The molecule has 1 radical (unpaired) electrons. The van der Waals surface area contributed by atoms with E-state index in [1.807, 2.05) is 0 Å². The molecule has 1 fully saturated rings. The van der Waals surface area contributed by atoms with E-state index < -0.39 is 0 Å². The average Bonchev–Trinajstić information content (AvgIpc) is 2.23. The summed E-state index contributed by atoms with van der Waals surface area (Å²) in [7, 11) is 0. The van der Waals surface area contributed by atoms with E-state index in [-0.39, 0.29) is 5.56 Å². The maximum absolute atomic E-state index is 11.4. The molecule has 2 rings (SSSR count). The van der Waals surface area contributed by atoms with Crippen molar-refractivity contribution in [2.45, 2.75) is 32.1 Å². The molecule has 0 aromatic carbocycles. The Bertz CT molecular complexity index is 339. The van der Waals surface area contributed by atoms with Crippen LogP contribution in [0.5, 0.6) is 0 Å². The molecule has 1 aromatic rings. The fourth-order valence-electron chi connectivity index (χ4n) is 2.00. The van der Waals surface area contributed by atoms with Crippen molar-refractivity contribution in [1.82, 2.24) is 9.97 Å². The van der Waals surface area contributed by atoms with Gasteiger partial charge >= 0.3 is 0 Å². The summed E-state index contributed by atoms with van der Waals surface area (Å²) < 4.78 is 0. The lowest BCUT2D eigenvalue weighted by Gasteiger charge is -2.20. The fraction of sp³-hybridized carbons (Fsp3) is 0.545. The predicted molar refractivity (Wildman–Crippen MR) is 54.8 cm³/mol. The van der Waals surface area contributed by atoms with Gasteiger partial charge in [-0.3, -0.25) is 9.78 Å². The van der Waals surface area contributed by atoms with Gasteiger partial charge < -0.3 is 4.98 Å². The first kappa shape index (κ1) is 9.44. The summed E-state index contributed by atoms with van der Waals surface area (Å²) in [6.07, 6.45) is 11.2. The Morgan fingerprint density at radius 3 is 2.93 bits per heavy atom. The van der Waals surface area contributed by atoms with Crippen molar-refractivity contribution >= 4 is 0 Å². The molecule has 0 bridgehead atoms. The standard InChI is InChI=1S/C11H15N2O/c14-11-10(12-6-7-13-11)8-9-4-2-1-3-5-9/h1,6-7,9H,2-5,8H2,(H,13,14). The number of aromatic amines is 1. The lowest BCUT2D eigenvalue weighted by molar-refractivity contribution is 0.398. The van der Waals surface area contributed by atoms with Gasteiger partial charge in [0.15, 0.2) is 0 Å². The summed E-state index contributed by atoms with van der Waals surface area (Å²) in [4.78, 5) is 18.1. The third-order valence-electron chi connectivity index (χ3n) is 2.82. The SMILES string of the molecule is O=c1[nH]ccnc1CC1CC[CH]CC1. The van der Waals surface area contributed by atoms with Gasteiger partial charge in [0.2, 0.25) is 0 Å². The van der Waals surface area contributed by atoms with Gasteiger partial charge in [-0.05, 0) is 44.4 Å². The van der Waals surface area contributed by atoms with E-state index in [2.05, 4.69) is 16.4 Å². The summed E-state index contributed by atoms with van der Waals surface area (Å²) >= 11 is 0. The molecule has 1 aliphatic rings. The second-order valence-electron chi connectivity index (χ2n) is 3.88. The average molecular weight is 191 g/mol. The van der Waals surface area contributed by atoms with Crippen LogP contribution in [0.2, 0.25) is 0 Å². The van der Waals surface area contributed by atoms with E-state index >= 15 is 0 Å². The van der Waals surface area contributed by atoms with Gasteiger partial charge in [-0.2, -0.15) is 0 Å². The lowest BCUT2D eigenvalue weighted by Crippen LogP contribution is -2.19. The van der Waals surface area contributed by atoms with Crippen molar-refractivity contribution in [2.24, 2.45) is 5.92 Å². The first-order valence-electron chi connectivity index (χ1n) is 5.20. The number of hydrogen-bond donors (Lipinski definition) is 1. The highest BCUT2D eigenvalue weighted by molar-refractivity contribution is 4.98. The van der Waals surface area contributed by atoms with Crippen molar-refractivity contribution in [3.05, 3.63) is 34.9 Å². The first-order valence-corrected chi connectivity index (χ1v) is 5.20. The van der Waals surface area contributed by atoms with Gasteiger partial charge in [0, 0.05) is 12.4 Å². The molecular weight excluding hydrogens is 176 g/mol. The van der Waals surface area contributed by atoms with Gasteiger partial charge in [0.1, 0.15) is 5.69 Å². The highest BCUT2D eigenvalue weighted by Gasteiger charge is 2.15. The normalized spacial score (nSPS) is 18.3. The molecule has 1 heterocycles. The number of aromatic nitrogens is 2. The van der Waals surface area contributed by atoms with Crippen LogP contribution >= 0.6 is 0 Å². The molecule has 0 unspecified atom stereocenters. The van der Waals surface area contributed by atoms with Gasteiger partial charge in [0.25, 0.3) is 5.56 Å². The second kappa shape index (κ2) is 4.40. The molecule has 75 valence electrons. The van der Waals surface area contributed by atoms with Crippen LogP contribution in [0.25, 0.3) is 0 Å². The molecule has 1 N–H and O–H groups in total. The third kappa shape index (κ3) is 2.22. The van der Waals surface area contributed by atoms with Crippen LogP contribution in [0, 0.1) is 12.3 Å². The highest BCUT2D eigenvalue weighted by atomic mass is 16.1. The number of nitrogens with zero attached hydrogens (tertiary/aromatic N) is 1. The molecule has 3 heteroatoms. The van der Waals surface area contributed by atoms with Crippen molar-refractivity contribution in [3.63, 3.8) is 0 Å². The Morgan fingerprint density at radius 2 is 2.21 bits per heavy atom. The van der Waals surface area contributed by atoms with Crippen LogP contribution in [0.3, 0.4) is 0 Å². The topological polar surface area (TPSA) is 45.8 Å². The van der Waals surface area contributed by atoms with Crippen LogP contribution < -0.4 is 5.56 Å². The summed E-state index contributed by atoms with van der Waals surface area (Å²) in [6, 6.07) is 0. The van der Waals surface area contributed by atoms with Gasteiger partial charge in [-0.25, -0.2) is 0 Å². The second-order valence-corrected chi connectivity index (χ2v) is 3.88. The van der Waals surface area contributed by atoms with E-state index in [9.17, 15) is 4.79 Å². The Balaban J connectivity index is 2.03. The molecule has 3 nitrogen and oxygen atoms in total. The lowest BCUT2D eigenvalue weighted by atomic mass is 9.86. The zero-order chi connectivity index (χ0) is 9.80. The minimum absolute atomic E-state index is 0.0259. The van der Waals surface area contributed by atoms with E-state index in [0.29, 0.717) is 11.6 Å². The highest BCUT2D eigenvalue weighted by Crippen LogP contribution is 2.24. The molecule has 1 aromatic heterocycles. The summed E-state index contributed by atoms with van der Waals surface area (Å²) in [5.74, 6) is 0.649. The van der Waals surface area contributed by atoms with E-state index in [1.165, 1.54) is 25.7 Å². The van der Waals surface area contributed by atoms with Crippen molar-refractivity contribution in [2.75, 3.05) is 0 Å². The maximum atomic E-state index is 11.4. The number of nitrogens with one attached hydrogen (secondary N) is 1. The first-order chi connectivity index (χ1) is 6.86. The number of rotatable bonds is 2. The summed E-state index contributed by atoms with van der Waals surface area (Å²) in [6.45, 7) is 0. The van der Waals surface area contributed by atoms with Crippen molar-refractivity contribution < 1.29 is 0 Å². The quantitative estimate of drug-likeness (QED) is 0.773. The Kier molecular flexibility index (Phi) is 2.96. The van der Waals surface area contributed by atoms with E-state index in [4.69, 9.17) is 0 Å². The van der Waals surface area contributed by atoms with Crippen molar-refractivity contribution in [1.29, 1.82) is 0 Å². The molecule has 0 saturated heterocycles. The van der Waals surface area contributed by atoms with Gasteiger partial charge in [-0.1, -0.05) is 0 Å². The van der Waals surface area contributed by atoms with Crippen LogP contribution in [-0.2, 0) is 6.42 Å². The zero-order valence-corrected chi connectivity index (χ0v) is 8.20. The largest absolute Gasteiger partial charge is 0.326 e. The molecule has 14 heavy (non-hydrogen) atoms. The molecule has 1 aliphatic carbocycles. The number of hydrogen-bond acceptors (Lipinski definition) is 2. The number of H-pyrrole nitrogens is 1. The Morgan fingerprint density at radius 1 is 1.43 bits per heavy atom. The third-order valence-corrected chi connectivity index (χ3v) is 2.82. The van der Waals surface area contributed by atoms with Gasteiger partial charge in [-0.15, -0.1) is 0 Å². The smallest absolute Gasteiger partial charge is 0.269 e. The minimum Gasteiger partial charge on any atom is -0.326 e. The zero-order valence-electron chi connectivity index (χ0n) is 8.20. The molecular formula is C11H15N2O. The van der Waals surface area contributed by atoms with Crippen LogP contribution in [0.15, 0.2) is 17.2 Å². The van der Waals surface area contributed by atoms with E-state index in [1.54, 1.807) is 12.4 Å². The van der Waals surface area contributed by atoms with Gasteiger partial charge in [0.05, 0.1) is 0 Å². The summed E-state index contributed by atoms with van der Waals surface area (Å²) in [5, 5.41) is 0. The maximum Gasteiger partial charge on any atom is 0.269 e. The van der Waals surface area contributed by atoms with Crippen LogP contribution in [0.4, 0.5) is 0 Å². The Labute approximate surface area is 83.6 Å². The van der Waals surface area contributed by atoms with E-state index in [0.717, 1.165) is 6.42 Å². The minimum atomic E-state index is -0.0259. The van der Waals surface area contributed by atoms with Crippen LogP contribution in [-0.4, -0.2) is 9.97 Å². The fourth-order valence-corrected chi connectivity index (χ4v) is 2.00. The predicted octanol–water partition coefficient (Wildman–Crippen LogP) is 1.71. The molecule has 1 saturated carbocycles. The van der Waals surface area contributed by atoms with Crippen LogP contribution in [0.1, 0.15) is 31.4 Å².